The van der Waals surface area contributed by atoms with Crippen molar-refractivity contribution in [3.05, 3.63) is 23.8 Å². The fourth-order valence-electron chi connectivity index (χ4n) is 2.56. The summed E-state index contributed by atoms with van der Waals surface area (Å²) in [6.07, 6.45) is 2.91. The highest BCUT2D eigenvalue weighted by molar-refractivity contribution is 7.92. The summed E-state index contributed by atoms with van der Waals surface area (Å²) in [5, 5.41) is 5.32. The normalized spacial score (nSPS) is 14.1. The third-order valence-corrected chi connectivity index (χ3v) is 4.75. The highest BCUT2D eigenvalue weighted by atomic mass is 32.2. The molecule has 0 atom stereocenters. The van der Waals surface area contributed by atoms with E-state index < -0.39 is 10.0 Å². The van der Waals surface area contributed by atoms with Crippen molar-refractivity contribution in [2.75, 3.05) is 29.0 Å². The van der Waals surface area contributed by atoms with Crippen LogP contribution in [0.5, 0.6) is 0 Å². The van der Waals surface area contributed by atoms with Crippen LogP contribution in [0, 0.1) is 0 Å². The number of benzene rings is 1. The lowest BCUT2D eigenvalue weighted by atomic mass is 10.0. The SMILES string of the molecule is CC(=O)NCCC(=O)Nc1ccc2c(c1)CCCN2S(C)(=O)=O. The summed E-state index contributed by atoms with van der Waals surface area (Å²) < 4.78 is 25.0. The van der Waals surface area contributed by atoms with Gasteiger partial charge in [0, 0.05) is 32.1 Å². The molecule has 1 heterocycles. The summed E-state index contributed by atoms with van der Waals surface area (Å²) >= 11 is 0. The Kier molecular flexibility index (Phi) is 5.25. The van der Waals surface area contributed by atoms with Gasteiger partial charge in [0.2, 0.25) is 21.8 Å². The number of carbonyl (C=O) groups is 2. The minimum atomic E-state index is -3.29. The van der Waals surface area contributed by atoms with Gasteiger partial charge in [-0.15, -0.1) is 0 Å². The van der Waals surface area contributed by atoms with Crippen LogP contribution < -0.4 is 14.9 Å². The molecule has 0 saturated carbocycles. The maximum Gasteiger partial charge on any atom is 0.232 e. The molecule has 7 nitrogen and oxygen atoms in total. The van der Waals surface area contributed by atoms with Crippen LogP contribution in [0.1, 0.15) is 25.3 Å². The van der Waals surface area contributed by atoms with Crippen LogP contribution in [0.15, 0.2) is 18.2 Å². The van der Waals surface area contributed by atoms with Gasteiger partial charge in [0.25, 0.3) is 0 Å². The number of sulfonamides is 1. The molecule has 0 spiro atoms. The average Bonchev–Trinajstić information content (AvgIpc) is 2.45. The van der Waals surface area contributed by atoms with Crippen molar-refractivity contribution >= 4 is 33.2 Å². The van der Waals surface area contributed by atoms with E-state index in [9.17, 15) is 18.0 Å². The first-order valence-electron chi connectivity index (χ1n) is 7.42. The zero-order chi connectivity index (χ0) is 17.0. The second-order valence-electron chi connectivity index (χ2n) is 5.56. The first-order chi connectivity index (χ1) is 10.8. The Bertz CT molecular complexity index is 715. The van der Waals surface area contributed by atoms with E-state index >= 15 is 0 Å². The molecule has 0 radical (unpaired) electrons. The largest absolute Gasteiger partial charge is 0.356 e. The van der Waals surface area contributed by atoms with Gasteiger partial charge in [0.1, 0.15) is 0 Å². The molecule has 1 aliphatic heterocycles. The molecular weight excluding hydrogens is 318 g/mol. The van der Waals surface area contributed by atoms with Crippen LogP contribution in [0.2, 0.25) is 0 Å². The van der Waals surface area contributed by atoms with Gasteiger partial charge < -0.3 is 10.6 Å². The van der Waals surface area contributed by atoms with Crippen LogP contribution in [-0.2, 0) is 26.0 Å². The van der Waals surface area contributed by atoms with E-state index in [0.29, 0.717) is 17.9 Å². The lowest BCUT2D eigenvalue weighted by Crippen LogP contribution is -2.34. The Balaban J connectivity index is 2.06. The van der Waals surface area contributed by atoms with Crippen LogP contribution in [0.25, 0.3) is 0 Å². The average molecular weight is 339 g/mol. The zero-order valence-corrected chi connectivity index (χ0v) is 14.1. The molecule has 0 unspecified atom stereocenters. The van der Waals surface area contributed by atoms with Crippen LogP contribution in [-0.4, -0.2) is 39.6 Å². The van der Waals surface area contributed by atoms with Gasteiger partial charge >= 0.3 is 0 Å². The number of fused-ring (bicyclic) bond motifs is 1. The van der Waals surface area contributed by atoms with Crippen LogP contribution in [0.4, 0.5) is 11.4 Å². The molecule has 2 rings (SSSR count). The fourth-order valence-corrected chi connectivity index (χ4v) is 3.56. The minimum absolute atomic E-state index is 0.174. The van der Waals surface area contributed by atoms with Gasteiger partial charge in [-0.25, -0.2) is 8.42 Å². The van der Waals surface area contributed by atoms with Crippen molar-refractivity contribution in [2.45, 2.75) is 26.2 Å². The second-order valence-corrected chi connectivity index (χ2v) is 7.47. The molecule has 126 valence electrons. The monoisotopic (exact) mass is 339 g/mol. The Morgan fingerprint density at radius 2 is 2.04 bits per heavy atom. The Labute approximate surface area is 136 Å². The Morgan fingerprint density at radius 3 is 2.70 bits per heavy atom. The summed E-state index contributed by atoms with van der Waals surface area (Å²) in [4.78, 5) is 22.6. The van der Waals surface area contributed by atoms with Gasteiger partial charge in [0.05, 0.1) is 11.9 Å². The molecule has 0 bridgehead atoms. The molecule has 2 N–H and O–H groups in total. The second kappa shape index (κ2) is 6.99. The molecule has 1 aromatic rings. The summed E-state index contributed by atoms with van der Waals surface area (Å²) in [5.74, 6) is -0.373. The van der Waals surface area contributed by atoms with Gasteiger partial charge in [-0.3, -0.25) is 13.9 Å². The molecule has 2 amide bonds. The summed E-state index contributed by atoms with van der Waals surface area (Å²) in [7, 11) is -3.29. The van der Waals surface area contributed by atoms with Crippen molar-refractivity contribution < 1.29 is 18.0 Å². The maximum atomic E-state index is 11.8. The topological polar surface area (TPSA) is 95.6 Å². The standard InChI is InChI=1S/C15H21N3O4S/c1-11(19)16-8-7-15(20)17-13-5-6-14-12(10-13)4-3-9-18(14)23(2,21)22/h5-6,10H,3-4,7-9H2,1-2H3,(H,16,19)(H,17,20). The first kappa shape index (κ1) is 17.3. The van der Waals surface area contributed by atoms with E-state index in [1.54, 1.807) is 12.1 Å². The van der Waals surface area contributed by atoms with E-state index in [1.807, 2.05) is 6.07 Å². The van der Waals surface area contributed by atoms with E-state index in [0.717, 1.165) is 18.4 Å². The predicted octanol–water partition coefficient (Wildman–Crippen LogP) is 0.863. The number of nitrogens with zero attached hydrogens (tertiary/aromatic N) is 1. The third-order valence-electron chi connectivity index (χ3n) is 3.57. The molecule has 1 aliphatic rings. The summed E-state index contributed by atoms with van der Waals surface area (Å²) in [6.45, 7) is 2.16. The quantitative estimate of drug-likeness (QED) is 0.832. The van der Waals surface area contributed by atoms with Gasteiger partial charge in [-0.1, -0.05) is 0 Å². The Hall–Kier alpha value is -2.09. The number of amides is 2. The van der Waals surface area contributed by atoms with Crippen molar-refractivity contribution in [3.8, 4) is 0 Å². The Morgan fingerprint density at radius 1 is 1.30 bits per heavy atom. The lowest BCUT2D eigenvalue weighted by Gasteiger charge is -2.29. The van der Waals surface area contributed by atoms with Crippen molar-refractivity contribution in [1.82, 2.24) is 5.32 Å². The maximum absolute atomic E-state index is 11.8. The smallest absolute Gasteiger partial charge is 0.232 e. The number of aryl methyl sites for hydroxylation is 1. The highest BCUT2D eigenvalue weighted by Crippen LogP contribution is 2.31. The van der Waals surface area contributed by atoms with Gasteiger partial charge in [-0.2, -0.15) is 0 Å². The molecular formula is C15H21N3O4S. The van der Waals surface area contributed by atoms with E-state index in [2.05, 4.69) is 10.6 Å². The molecule has 1 aromatic carbocycles. The molecule has 8 heteroatoms. The first-order valence-corrected chi connectivity index (χ1v) is 9.27. The predicted molar refractivity (Wildman–Crippen MR) is 88.9 cm³/mol. The van der Waals surface area contributed by atoms with Crippen molar-refractivity contribution in [1.29, 1.82) is 0 Å². The number of rotatable bonds is 5. The lowest BCUT2D eigenvalue weighted by molar-refractivity contribution is -0.119. The summed E-state index contributed by atoms with van der Waals surface area (Å²) in [6, 6.07) is 5.22. The number of hydrogen-bond acceptors (Lipinski definition) is 4. The van der Waals surface area contributed by atoms with Crippen molar-refractivity contribution in [2.24, 2.45) is 0 Å². The zero-order valence-electron chi connectivity index (χ0n) is 13.3. The molecule has 0 saturated heterocycles. The summed E-state index contributed by atoms with van der Waals surface area (Å²) in [5.41, 5.74) is 2.21. The number of carbonyl (C=O) groups excluding carboxylic acids is 2. The molecule has 23 heavy (non-hydrogen) atoms. The van der Waals surface area contributed by atoms with Gasteiger partial charge in [0.15, 0.2) is 0 Å². The van der Waals surface area contributed by atoms with Crippen LogP contribution in [0.3, 0.4) is 0 Å². The number of anilines is 2. The van der Waals surface area contributed by atoms with E-state index in [-0.39, 0.29) is 24.8 Å². The number of nitrogens with one attached hydrogen (secondary N) is 2. The minimum Gasteiger partial charge on any atom is -0.356 e. The van der Waals surface area contributed by atoms with Gasteiger partial charge in [-0.05, 0) is 36.6 Å². The fraction of sp³-hybridized carbons (Fsp3) is 0.467. The molecule has 0 fully saturated rings. The number of hydrogen-bond donors (Lipinski definition) is 2. The molecule has 0 aromatic heterocycles. The highest BCUT2D eigenvalue weighted by Gasteiger charge is 2.24. The molecule has 0 aliphatic carbocycles. The van der Waals surface area contributed by atoms with E-state index in [1.165, 1.54) is 17.5 Å². The van der Waals surface area contributed by atoms with E-state index in [4.69, 9.17) is 0 Å². The third kappa shape index (κ3) is 4.69. The van der Waals surface area contributed by atoms with Crippen LogP contribution >= 0.6 is 0 Å². The van der Waals surface area contributed by atoms with Crippen molar-refractivity contribution in [3.63, 3.8) is 0 Å².